The Morgan fingerprint density at radius 1 is 0.583 bits per heavy atom. The molecular weight excluding hydrogens is 312 g/mol. The molecule has 0 fully saturated rings. The molecule has 0 amide bonds. The Bertz CT molecular complexity index is 230. The zero-order valence-electron chi connectivity index (χ0n) is 15.5. The van der Waals surface area contributed by atoms with E-state index in [1.54, 1.807) is 0 Å². The lowest BCUT2D eigenvalue weighted by Crippen LogP contribution is -1.93. The average Bonchev–Trinajstić information content (AvgIpc) is 2.55. The fraction of sp³-hybridized carbons (Fsp3) is 0.889. The molecule has 6 heteroatoms. The van der Waals surface area contributed by atoms with Gasteiger partial charge in [-0.2, -0.15) is 0 Å². The molecule has 0 saturated carbocycles. The molecular formula is C18H38O6. The quantitative estimate of drug-likeness (QED) is 0.375. The second-order valence-corrected chi connectivity index (χ2v) is 5.56. The van der Waals surface area contributed by atoms with E-state index in [0.717, 1.165) is 25.7 Å². The molecule has 0 rings (SSSR count). The molecule has 0 radical (unpaired) electrons. The Morgan fingerprint density at radius 3 is 1.08 bits per heavy atom. The van der Waals surface area contributed by atoms with Gasteiger partial charge in [0.05, 0.1) is 13.2 Å². The summed E-state index contributed by atoms with van der Waals surface area (Å²) in [4.78, 5) is 20.1. The van der Waals surface area contributed by atoms with E-state index in [2.05, 4.69) is 13.8 Å². The molecule has 6 nitrogen and oxygen atoms in total. The molecule has 0 bridgehead atoms. The lowest BCUT2D eigenvalue weighted by atomic mass is 10.1. The maximum atomic E-state index is 10.0. The molecule has 0 aromatic heterocycles. The van der Waals surface area contributed by atoms with Crippen molar-refractivity contribution in [2.45, 2.75) is 90.9 Å². The summed E-state index contributed by atoms with van der Waals surface area (Å²) in [7, 11) is 0. The molecule has 4 N–H and O–H groups in total. The fourth-order valence-electron chi connectivity index (χ4n) is 1.76. The molecule has 146 valence electrons. The van der Waals surface area contributed by atoms with Crippen molar-refractivity contribution in [1.29, 1.82) is 0 Å². The minimum absolute atomic E-state index is 0.125. The maximum absolute atomic E-state index is 10.0. The highest BCUT2D eigenvalue weighted by Crippen LogP contribution is 2.04. The van der Waals surface area contributed by atoms with Gasteiger partial charge in [-0.3, -0.25) is 9.59 Å². The fourth-order valence-corrected chi connectivity index (χ4v) is 1.76. The molecule has 0 aliphatic heterocycles. The Balaban J connectivity index is -0.000000301. The molecule has 0 spiro atoms. The Labute approximate surface area is 146 Å². The van der Waals surface area contributed by atoms with E-state index in [-0.39, 0.29) is 13.2 Å². The zero-order valence-corrected chi connectivity index (χ0v) is 15.5. The minimum Gasteiger partial charge on any atom is -0.481 e. The van der Waals surface area contributed by atoms with E-state index >= 15 is 0 Å². The van der Waals surface area contributed by atoms with E-state index in [9.17, 15) is 9.59 Å². The van der Waals surface area contributed by atoms with Gasteiger partial charge in [-0.15, -0.1) is 0 Å². The van der Waals surface area contributed by atoms with Crippen LogP contribution in [0.5, 0.6) is 0 Å². The van der Waals surface area contributed by atoms with Crippen LogP contribution < -0.4 is 0 Å². The Hall–Kier alpha value is -1.14. The molecule has 0 saturated heterocycles. The van der Waals surface area contributed by atoms with Crippen LogP contribution >= 0.6 is 0 Å². The van der Waals surface area contributed by atoms with Gasteiger partial charge >= 0.3 is 11.9 Å². The largest absolute Gasteiger partial charge is 0.481 e. The van der Waals surface area contributed by atoms with Crippen LogP contribution in [0.1, 0.15) is 90.9 Å². The van der Waals surface area contributed by atoms with E-state index in [1.165, 1.54) is 38.5 Å². The van der Waals surface area contributed by atoms with Crippen LogP contribution in [0, 0.1) is 0 Å². The van der Waals surface area contributed by atoms with Gasteiger partial charge in [0.1, 0.15) is 0 Å². The van der Waals surface area contributed by atoms with Crippen LogP contribution in [0.25, 0.3) is 0 Å². The summed E-state index contributed by atoms with van der Waals surface area (Å²) in [6, 6.07) is 0. The standard InChI is InChI=1S/2C8H16O2.C2H6O2/c2*1-2-3-4-5-6-7-8(9)10;3-1-2-4/h2*2-7H2,1H3,(H,9,10);3-4H,1-2H2. The average molecular weight is 350 g/mol. The highest BCUT2D eigenvalue weighted by Gasteiger charge is 1.95. The van der Waals surface area contributed by atoms with Gasteiger partial charge in [-0.25, -0.2) is 0 Å². The predicted molar refractivity (Wildman–Crippen MR) is 96.2 cm³/mol. The number of carbonyl (C=O) groups is 2. The Kier molecular flexibility index (Phi) is 30.9. The van der Waals surface area contributed by atoms with Crippen LogP contribution in [0.4, 0.5) is 0 Å². The number of rotatable bonds is 13. The van der Waals surface area contributed by atoms with Crippen LogP contribution in [0.2, 0.25) is 0 Å². The zero-order chi connectivity index (χ0) is 19.1. The smallest absolute Gasteiger partial charge is 0.303 e. The van der Waals surface area contributed by atoms with Gasteiger partial charge in [0.15, 0.2) is 0 Å². The third kappa shape index (κ3) is 42.8. The third-order valence-corrected chi connectivity index (χ3v) is 3.09. The molecule has 24 heavy (non-hydrogen) atoms. The topological polar surface area (TPSA) is 115 Å². The van der Waals surface area contributed by atoms with Gasteiger partial charge in [0.2, 0.25) is 0 Å². The second-order valence-electron chi connectivity index (χ2n) is 5.56. The molecule has 0 aromatic carbocycles. The molecule has 0 aliphatic carbocycles. The van der Waals surface area contributed by atoms with Gasteiger partial charge in [-0.05, 0) is 12.8 Å². The minimum atomic E-state index is -0.670. The molecule has 0 atom stereocenters. The van der Waals surface area contributed by atoms with Crippen molar-refractivity contribution in [2.75, 3.05) is 13.2 Å². The van der Waals surface area contributed by atoms with E-state index < -0.39 is 11.9 Å². The summed E-state index contributed by atoms with van der Waals surface area (Å²) in [5.74, 6) is -1.34. The predicted octanol–water partition coefficient (Wildman–Crippen LogP) is 3.83. The summed E-state index contributed by atoms with van der Waals surface area (Å²) in [6.45, 7) is 4.05. The van der Waals surface area contributed by atoms with Crippen molar-refractivity contribution in [3.63, 3.8) is 0 Å². The number of aliphatic hydroxyl groups is 2. The molecule has 0 heterocycles. The summed E-state index contributed by atoms with van der Waals surface area (Å²) in [6.07, 6.45) is 11.8. The van der Waals surface area contributed by atoms with Gasteiger partial charge in [-0.1, -0.05) is 65.2 Å². The van der Waals surface area contributed by atoms with Crippen LogP contribution in [-0.4, -0.2) is 45.6 Å². The SMILES string of the molecule is CCCCCCCC(=O)O.CCCCCCCC(=O)O.OCCO. The first-order chi connectivity index (χ1) is 11.5. The monoisotopic (exact) mass is 350 g/mol. The first kappa shape index (κ1) is 27.7. The number of aliphatic carboxylic acids is 2. The van der Waals surface area contributed by atoms with Gasteiger partial charge < -0.3 is 20.4 Å². The summed E-state index contributed by atoms with van der Waals surface area (Å²) < 4.78 is 0. The summed E-state index contributed by atoms with van der Waals surface area (Å²) in [5, 5.41) is 31.8. The first-order valence-corrected chi connectivity index (χ1v) is 9.11. The van der Waals surface area contributed by atoms with Crippen molar-refractivity contribution >= 4 is 11.9 Å². The van der Waals surface area contributed by atoms with Crippen molar-refractivity contribution < 1.29 is 30.0 Å². The number of hydrogen-bond donors (Lipinski definition) is 4. The lowest BCUT2D eigenvalue weighted by Gasteiger charge is -1.95. The van der Waals surface area contributed by atoms with Crippen molar-refractivity contribution in [2.24, 2.45) is 0 Å². The van der Waals surface area contributed by atoms with Crippen molar-refractivity contribution in [3.8, 4) is 0 Å². The second kappa shape index (κ2) is 26.7. The van der Waals surface area contributed by atoms with E-state index in [1.807, 2.05) is 0 Å². The van der Waals surface area contributed by atoms with E-state index in [0.29, 0.717) is 12.8 Å². The number of unbranched alkanes of at least 4 members (excludes halogenated alkanes) is 8. The van der Waals surface area contributed by atoms with Gasteiger partial charge in [0.25, 0.3) is 0 Å². The van der Waals surface area contributed by atoms with Crippen LogP contribution in [0.15, 0.2) is 0 Å². The number of carboxylic acid groups (broad SMARTS) is 2. The van der Waals surface area contributed by atoms with Crippen LogP contribution in [0.3, 0.4) is 0 Å². The molecule has 0 aliphatic rings. The highest BCUT2D eigenvalue weighted by molar-refractivity contribution is 5.66. The van der Waals surface area contributed by atoms with Crippen LogP contribution in [-0.2, 0) is 9.59 Å². The first-order valence-electron chi connectivity index (χ1n) is 9.11. The Morgan fingerprint density at radius 2 is 0.875 bits per heavy atom. The maximum Gasteiger partial charge on any atom is 0.303 e. The molecule has 0 aromatic rings. The van der Waals surface area contributed by atoms with Crippen molar-refractivity contribution in [1.82, 2.24) is 0 Å². The highest BCUT2D eigenvalue weighted by atomic mass is 16.4. The summed E-state index contributed by atoms with van der Waals surface area (Å²) in [5.41, 5.74) is 0. The number of carboxylic acids is 2. The van der Waals surface area contributed by atoms with Gasteiger partial charge in [0, 0.05) is 12.8 Å². The number of hydrogen-bond acceptors (Lipinski definition) is 4. The lowest BCUT2D eigenvalue weighted by molar-refractivity contribution is -0.138. The van der Waals surface area contributed by atoms with E-state index in [4.69, 9.17) is 20.4 Å². The normalized spacial score (nSPS) is 9.33. The molecule has 0 unspecified atom stereocenters. The summed E-state index contributed by atoms with van der Waals surface area (Å²) >= 11 is 0. The van der Waals surface area contributed by atoms with Crippen molar-refractivity contribution in [3.05, 3.63) is 0 Å². The third-order valence-electron chi connectivity index (χ3n) is 3.09. The number of aliphatic hydroxyl groups excluding tert-OH is 2.